The summed E-state index contributed by atoms with van der Waals surface area (Å²) in [4.78, 5) is 31.4. The molecule has 2 amide bonds. The third-order valence-electron chi connectivity index (χ3n) is 3.15. The van der Waals surface area contributed by atoms with Gasteiger partial charge >= 0.3 is 0 Å². The number of benzene rings is 1. The molecule has 7 heteroatoms. The molecule has 0 aliphatic rings. The fourth-order valence-electron chi connectivity index (χ4n) is 2.06. The van der Waals surface area contributed by atoms with Gasteiger partial charge in [-0.25, -0.2) is 4.98 Å². The van der Waals surface area contributed by atoms with E-state index in [2.05, 4.69) is 20.6 Å². The van der Waals surface area contributed by atoms with Gasteiger partial charge in [0.2, 0.25) is 5.91 Å². The molecule has 0 atom stereocenters. The topological polar surface area (TPSA) is 84.0 Å². The lowest BCUT2D eigenvalue weighted by Crippen LogP contribution is -2.11. The number of nitrogens with one attached hydrogen (secondary N) is 2. The average molecular weight is 338 g/mol. The number of amides is 2. The molecule has 2 aromatic heterocycles. The van der Waals surface area contributed by atoms with E-state index in [0.29, 0.717) is 10.7 Å². The van der Waals surface area contributed by atoms with Crippen LogP contribution >= 0.6 is 11.3 Å². The predicted octanol–water partition coefficient (Wildman–Crippen LogP) is 3.42. The Kier molecular flexibility index (Phi) is 4.62. The molecule has 3 aromatic rings. The van der Waals surface area contributed by atoms with Gasteiger partial charge in [0.05, 0.1) is 11.3 Å². The van der Waals surface area contributed by atoms with Gasteiger partial charge in [-0.1, -0.05) is 12.1 Å². The summed E-state index contributed by atoms with van der Waals surface area (Å²) in [6.45, 7) is 1.46. The molecule has 0 saturated carbocycles. The lowest BCUT2D eigenvalue weighted by atomic mass is 10.1. The average Bonchev–Trinajstić information content (AvgIpc) is 3.04. The first-order valence-electron chi connectivity index (χ1n) is 7.17. The van der Waals surface area contributed by atoms with Crippen molar-refractivity contribution < 1.29 is 9.59 Å². The highest BCUT2D eigenvalue weighted by Crippen LogP contribution is 2.26. The molecule has 2 heterocycles. The summed E-state index contributed by atoms with van der Waals surface area (Å²) in [5, 5.41) is 7.86. The Balaban J connectivity index is 1.71. The largest absolute Gasteiger partial charge is 0.326 e. The van der Waals surface area contributed by atoms with Crippen LogP contribution in [0.2, 0.25) is 0 Å². The van der Waals surface area contributed by atoms with Crippen LogP contribution < -0.4 is 10.6 Å². The Labute approximate surface area is 142 Å². The summed E-state index contributed by atoms with van der Waals surface area (Å²) in [6, 6.07) is 10.8. The van der Waals surface area contributed by atoms with E-state index >= 15 is 0 Å². The molecule has 0 aliphatic carbocycles. The third-order valence-corrected chi connectivity index (χ3v) is 3.91. The van der Waals surface area contributed by atoms with Crippen molar-refractivity contribution >= 4 is 34.0 Å². The van der Waals surface area contributed by atoms with Crippen LogP contribution in [0, 0.1) is 0 Å². The second kappa shape index (κ2) is 7.01. The second-order valence-corrected chi connectivity index (χ2v) is 5.85. The van der Waals surface area contributed by atoms with Gasteiger partial charge in [0.1, 0.15) is 0 Å². The minimum absolute atomic E-state index is 0.114. The van der Waals surface area contributed by atoms with E-state index < -0.39 is 0 Å². The second-order valence-electron chi connectivity index (χ2n) is 4.99. The van der Waals surface area contributed by atoms with Gasteiger partial charge in [-0.3, -0.25) is 19.9 Å². The van der Waals surface area contributed by atoms with Crippen molar-refractivity contribution in [3.05, 3.63) is 59.7 Å². The molecule has 1 aromatic carbocycles. The third kappa shape index (κ3) is 3.82. The molecule has 6 nitrogen and oxygen atoms in total. The number of nitrogens with zero attached hydrogens (tertiary/aromatic N) is 2. The zero-order valence-electron chi connectivity index (χ0n) is 12.8. The zero-order chi connectivity index (χ0) is 16.9. The standard InChI is InChI=1S/C17H14N4O2S/c1-11(22)19-14-6-4-12(5-7-14)15-10-24-17(20-15)21-16(23)13-3-2-8-18-9-13/h2-10H,1H3,(H,19,22)(H,20,21,23). The summed E-state index contributed by atoms with van der Waals surface area (Å²) >= 11 is 1.35. The van der Waals surface area contributed by atoms with Crippen molar-refractivity contribution in [1.82, 2.24) is 9.97 Å². The summed E-state index contributed by atoms with van der Waals surface area (Å²) in [6.07, 6.45) is 3.12. The smallest absolute Gasteiger partial charge is 0.259 e. The molecule has 0 unspecified atom stereocenters. The number of hydrogen-bond acceptors (Lipinski definition) is 5. The highest BCUT2D eigenvalue weighted by atomic mass is 32.1. The molecule has 0 fully saturated rings. The lowest BCUT2D eigenvalue weighted by molar-refractivity contribution is -0.114. The van der Waals surface area contributed by atoms with E-state index in [9.17, 15) is 9.59 Å². The molecule has 24 heavy (non-hydrogen) atoms. The van der Waals surface area contributed by atoms with Crippen LogP contribution in [0.3, 0.4) is 0 Å². The molecule has 0 aliphatic heterocycles. The van der Waals surface area contributed by atoms with Crippen molar-refractivity contribution in [1.29, 1.82) is 0 Å². The lowest BCUT2D eigenvalue weighted by Gasteiger charge is -2.03. The van der Waals surface area contributed by atoms with Gasteiger partial charge in [0.25, 0.3) is 5.91 Å². The van der Waals surface area contributed by atoms with Crippen LogP contribution in [0.15, 0.2) is 54.2 Å². The Hall–Kier alpha value is -3.06. The molecule has 3 rings (SSSR count). The van der Waals surface area contributed by atoms with Crippen LogP contribution in [-0.4, -0.2) is 21.8 Å². The highest BCUT2D eigenvalue weighted by Gasteiger charge is 2.10. The first-order chi connectivity index (χ1) is 11.6. The zero-order valence-corrected chi connectivity index (χ0v) is 13.6. The molecule has 2 N–H and O–H groups in total. The molecular weight excluding hydrogens is 324 g/mol. The number of carbonyl (C=O) groups excluding carboxylic acids is 2. The molecule has 0 saturated heterocycles. The molecule has 0 radical (unpaired) electrons. The number of pyridine rings is 1. The first-order valence-corrected chi connectivity index (χ1v) is 8.05. The van der Waals surface area contributed by atoms with Gasteiger partial charge in [-0.15, -0.1) is 11.3 Å². The van der Waals surface area contributed by atoms with Gasteiger partial charge < -0.3 is 5.32 Å². The molecule has 0 bridgehead atoms. The van der Waals surface area contributed by atoms with Crippen molar-refractivity contribution in [2.75, 3.05) is 10.6 Å². The maximum absolute atomic E-state index is 12.1. The van der Waals surface area contributed by atoms with Crippen LogP contribution in [0.25, 0.3) is 11.3 Å². The van der Waals surface area contributed by atoms with Crippen molar-refractivity contribution in [3.63, 3.8) is 0 Å². The number of rotatable bonds is 4. The van der Waals surface area contributed by atoms with Gasteiger partial charge in [-0.2, -0.15) is 0 Å². The van der Waals surface area contributed by atoms with Crippen LogP contribution in [0.1, 0.15) is 17.3 Å². The highest BCUT2D eigenvalue weighted by molar-refractivity contribution is 7.14. The number of aromatic nitrogens is 2. The summed E-state index contributed by atoms with van der Waals surface area (Å²) in [7, 11) is 0. The Morgan fingerprint density at radius 3 is 2.54 bits per heavy atom. The van der Waals surface area contributed by atoms with E-state index in [0.717, 1.165) is 16.9 Å². The molecule has 120 valence electrons. The monoisotopic (exact) mass is 338 g/mol. The molecule has 0 spiro atoms. The number of thiazole rings is 1. The quantitative estimate of drug-likeness (QED) is 0.763. The van der Waals surface area contributed by atoms with Crippen molar-refractivity contribution in [2.45, 2.75) is 6.92 Å². The summed E-state index contributed by atoms with van der Waals surface area (Å²) in [5.74, 6) is -0.359. The predicted molar refractivity (Wildman–Crippen MR) is 94.0 cm³/mol. The first kappa shape index (κ1) is 15.8. The maximum atomic E-state index is 12.1. The summed E-state index contributed by atoms with van der Waals surface area (Å²) in [5.41, 5.74) is 2.87. The fourth-order valence-corrected chi connectivity index (χ4v) is 2.77. The van der Waals surface area contributed by atoms with Gasteiger partial charge in [-0.05, 0) is 24.3 Å². The van der Waals surface area contributed by atoms with E-state index in [1.807, 2.05) is 29.6 Å². The maximum Gasteiger partial charge on any atom is 0.259 e. The van der Waals surface area contributed by atoms with Gasteiger partial charge in [0, 0.05) is 35.9 Å². The Morgan fingerprint density at radius 1 is 1.08 bits per heavy atom. The minimum Gasteiger partial charge on any atom is -0.326 e. The summed E-state index contributed by atoms with van der Waals surface area (Å²) < 4.78 is 0. The van der Waals surface area contributed by atoms with E-state index in [4.69, 9.17) is 0 Å². The number of carbonyl (C=O) groups is 2. The van der Waals surface area contributed by atoms with Crippen LogP contribution in [0.4, 0.5) is 10.8 Å². The van der Waals surface area contributed by atoms with Crippen LogP contribution in [-0.2, 0) is 4.79 Å². The van der Waals surface area contributed by atoms with Crippen molar-refractivity contribution in [2.24, 2.45) is 0 Å². The van der Waals surface area contributed by atoms with E-state index in [-0.39, 0.29) is 11.8 Å². The minimum atomic E-state index is -0.245. The number of anilines is 2. The van der Waals surface area contributed by atoms with E-state index in [1.54, 1.807) is 18.3 Å². The molecular formula is C17H14N4O2S. The fraction of sp³-hybridized carbons (Fsp3) is 0.0588. The van der Waals surface area contributed by atoms with E-state index in [1.165, 1.54) is 24.5 Å². The Bertz CT molecular complexity index is 860. The van der Waals surface area contributed by atoms with Gasteiger partial charge in [0.15, 0.2) is 5.13 Å². The Morgan fingerprint density at radius 2 is 1.88 bits per heavy atom. The van der Waals surface area contributed by atoms with Crippen LogP contribution in [0.5, 0.6) is 0 Å². The SMILES string of the molecule is CC(=O)Nc1ccc(-c2csc(NC(=O)c3cccnc3)n2)cc1. The normalized spacial score (nSPS) is 10.2. The number of hydrogen-bond donors (Lipinski definition) is 2. The van der Waals surface area contributed by atoms with Crippen molar-refractivity contribution in [3.8, 4) is 11.3 Å².